The molecule has 3 nitrogen and oxygen atoms in total. The highest BCUT2D eigenvalue weighted by Gasteiger charge is 2.09. The van der Waals surface area contributed by atoms with Crippen LogP contribution in [0.25, 0.3) is 11.0 Å². The molecule has 0 aliphatic carbocycles. The Balaban J connectivity index is 2.00. The molecule has 0 amide bonds. The minimum absolute atomic E-state index is 0.289. The molecule has 0 radical (unpaired) electrons. The lowest BCUT2D eigenvalue weighted by Gasteiger charge is -2.01. The summed E-state index contributed by atoms with van der Waals surface area (Å²) in [6.07, 6.45) is 0. The van der Waals surface area contributed by atoms with Gasteiger partial charge in [-0.15, -0.1) is 11.3 Å². The van der Waals surface area contributed by atoms with Gasteiger partial charge in [-0.05, 0) is 36.1 Å². The molecular formula is C12H9ClFN3S. The van der Waals surface area contributed by atoms with Crippen molar-refractivity contribution in [3.05, 3.63) is 39.3 Å². The minimum atomic E-state index is -0.289. The Labute approximate surface area is 112 Å². The third-order valence-corrected chi connectivity index (χ3v) is 3.96. The van der Waals surface area contributed by atoms with Crippen LogP contribution in [-0.4, -0.2) is 9.97 Å². The Hall–Kier alpha value is -1.59. The molecular weight excluding hydrogens is 273 g/mol. The summed E-state index contributed by atoms with van der Waals surface area (Å²) in [4.78, 5) is 7.34. The van der Waals surface area contributed by atoms with Gasteiger partial charge in [-0.25, -0.2) is 9.37 Å². The fraction of sp³-hybridized carbons (Fsp3) is 0.0833. The first-order chi connectivity index (χ1) is 8.63. The maximum atomic E-state index is 13.1. The minimum Gasteiger partial charge on any atom is -0.324 e. The number of benzene rings is 1. The van der Waals surface area contributed by atoms with E-state index in [1.54, 1.807) is 6.07 Å². The first-order valence-corrected chi connectivity index (χ1v) is 6.55. The molecule has 2 N–H and O–H groups in total. The highest BCUT2D eigenvalue weighted by Crippen LogP contribution is 2.34. The summed E-state index contributed by atoms with van der Waals surface area (Å²) >= 11 is 7.53. The van der Waals surface area contributed by atoms with Crippen molar-refractivity contribution in [2.75, 3.05) is 5.32 Å². The zero-order valence-corrected chi connectivity index (χ0v) is 11.0. The van der Waals surface area contributed by atoms with Crippen molar-refractivity contribution < 1.29 is 4.39 Å². The van der Waals surface area contributed by atoms with Crippen molar-refractivity contribution >= 4 is 45.6 Å². The van der Waals surface area contributed by atoms with Crippen LogP contribution in [0.15, 0.2) is 23.6 Å². The summed E-state index contributed by atoms with van der Waals surface area (Å²) < 4.78 is 13.7. The van der Waals surface area contributed by atoms with Crippen LogP contribution < -0.4 is 5.32 Å². The van der Waals surface area contributed by atoms with E-state index in [-0.39, 0.29) is 5.82 Å². The first kappa shape index (κ1) is 11.5. The van der Waals surface area contributed by atoms with Gasteiger partial charge < -0.3 is 10.3 Å². The molecule has 1 aromatic carbocycles. The van der Waals surface area contributed by atoms with Gasteiger partial charge in [0, 0.05) is 0 Å². The lowest BCUT2D eigenvalue weighted by Crippen LogP contribution is -1.92. The molecule has 92 valence electrons. The first-order valence-electron chi connectivity index (χ1n) is 5.29. The topological polar surface area (TPSA) is 40.7 Å². The number of imidazole rings is 1. The SMILES string of the molecule is Cc1csc(Cl)c1Nc1nc2ccc(F)cc2[nH]1. The normalized spacial score (nSPS) is 11.1. The van der Waals surface area contributed by atoms with E-state index >= 15 is 0 Å². The highest BCUT2D eigenvalue weighted by atomic mass is 35.5. The fourth-order valence-electron chi connectivity index (χ4n) is 1.72. The molecule has 0 spiro atoms. The van der Waals surface area contributed by atoms with Gasteiger partial charge in [0.1, 0.15) is 10.2 Å². The van der Waals surface area contributed by atoms with Crippen LogP contribution in [0, 0.1) is 12.7 Å². The number of H-pyrrole nitrogens is 1. The van der Waals surface area contributed by atoms with Gasteiger partial charge in [0.15, 0.2) is 0 Å². The van der Waals surface area contributed by atoms with Crippen LogP contribution in [0.1, 0.15) is 5.56 Å². The molecule has 0 unspecified atom stereocenters. The average Bonchev–Trinajstić information content (AvgIpc) is 2.86. The second kappa shape index (κ2) is 4.26. The summed E-state index contributed by atoms with van der Waals surface area (Å²) in [7, 11) is 0. The van der Waals surface area contributed by atoms with E-state index in [0.717, 1.165) is 11.3 Å². The van der Waals surface area contributed by atoms with Gasteiger partial charge in [-0.3, -0.25) is 0 Å². The maximum Gasteiger partial charge on any atom is 0.205 e. The maximum absolute atomic E-state index is 13.1. The van der Waals surface area contributed by atoms with Crippen molar-refractivity contribution in [1.82, 2.24) is 9.97 Å². The lowest BCUT2D eigenvalue weighted by atomic mass is 10.3. The average molecular weight is 282 g/mol. The van der Waals surface area contributed by atoms with Crippen LogP contribution in [-0.2, 0) is 0 Å². The van der Waals surface area contributed by atoms with Gasteiger partial charge in [-0.1, -0.05) is 11.6 Å². The molecule has 2 heterocycles. The number of nitrogens with one attached hydrogen (secondary N) is 2. The number of rotatable bonds is 2. The van der Waals surface area contributed by atoms with E-state index in [1.807, 2.05) is 12.3 Å². The molecule has 3 rings (SSSR count). The Kier molecular flexibility index (Phi) is 2.72. The number of aryl methyl sites for hydroxylation is 1. The molecule has 6 heteroatoms. The van der Waals surface area contributed by atoms with Gasteiger partial charge in [-0.2, -0.15) is 0 Å². The van der Waals surface area contributed by atoms with Crippen molar-refractivity contribution in [3.63, 3.8) is 0 Å². The number of nitrogens with zero attached hydrogens (tertiary/aromatic N) is 1. The van der Waals surface area contributed by atoms with Crippen molar-refractivity contribution in [1.29, 1.82) is 0 Å². The van der Waals surface area contributed by atoms with E-state index in [1.165, 1.54) is 23.5 Å². The zero-order chi connectivity index (χ0) is 12.7. The summed E-state index contributed by atoms with van der Waals surface area (Å²) in [6, 6.07) is 4.43. The molecule has 0 saturated heterocycles. The number of aromatic amines is 1. The second-order valence-electron chi connectivity index (χ2n) is 3.94. The molecule has 0 aliphatic rings. The van der Waals surface area contributed by atoms with E-state index in [9.17, 15) is 4.39 Å². The van der Waals surface area contributed by atoms with Crippen molar-refractivity contribution in [3.8, 4) is 0 Å². The standard InChI is InChI=1S/C12H9ClFN3S/c1-6-5-18-11(13)10(6)17-12-15-8-3-2-7(14)4-9(8)16-12/h2-5H,1H3,(H2,15,16,17). The summed E-state index contributed by atoms with van der Waals surface area (Å²) in [5.74, 6) is 0.265. The summed E-state index contributed by atoms with van der Waals surface area (Å²) in [5.41, 5.74) is 3.25. The third-order valence-electron chi connectivity index (χ3n) is 2.62. The highest BCUT2D eigenvalue weighted by molar-refractivity contribution is 7.15. The van der Waals surface area contributed by atoms with Gasteiger partial charge in [0.05, 0.1) is 16.7 Å². The molecule has 0 saturated carbocycles. The molecule has 18 heavy (non-hydrogen) atoms. The smallest absolute Gasteiger partial charge is 0.205 e. The molecule has 2 aromatic heterocycles. The predicted molar refractivity (Wildman–Crippen MR) is 73.4 cm³/mol. The molecule has 3 aromatic rings. The molecule has 0 bridgehead atoms. The number of aromatic nitrogens is 2. The number of anilines is 2. The number of halogens is 2. The van der Waals surface area contributed by atoms with E-state index < -0.39 is 0 Å². The van der Waals surface area contributed by atoms with E-state index in [4.69, 9.17) is 11.6 Å². The Morgan fingerprint density at radius 1 is 1.44 bits per heavy atom. The van der Waals surface area contributed by atoms with Crippen molar-refractivity contribution in [2.45, 2.75) is 6.92 Å². The van der Waals surface area contributed by atoms with Crippen LogP contribution in [0.2, 0.25) is 4.34 Å². The van der Waals surface area contributed by atoms with Crippen molar-refractivity contribution in [2.24, 2.45) is 0 Å². The van der Waals surface area contributed by atoms with E-state index in [2.05, 4.69) is 15.3 Å². The van der Waals surface area contributed by atoms with Crippen LogP contribution in [0.5, 0.6) is 0 Å². The fourth-order valence-corrected chi connectivity index (χ4v) is 2.78. The van der Waals surface area contributed by atoms with Gasteiger partial charge in [0.25, 0.3) is 0 Å². The predicted octanol–water partition coefficient (Wildman–Crippen LogP) is 4.47. The Bertz CT molecular complexity index is 700. The number of thiophene rings is 1. The molecule has 0 aliphatic heterocycles. The Morgan fingerprint density at radius 2 is 2.28 bits per heavy atom. The monoisotopic (exact) mass is 281 g/mol. The summed E-state index contributed by atoms with van der Waals surface area (Å²) in [5, 5.41) is 5.08. The summed E-state index contributed by atoms with van der Waals surface area (Å²) in [6.45, 7) is 1.97. The third kappa shape index (κ3) is 1.95. The van der Waals surface area contributed by atoms with Crippen LogP contribution >= 0.6 is 22.9 Å². The zero-order valence-electron chi connectivity index (χ0n) is 9.42. The van der Waals surface area contributed by atoms with Crippen LogP contribution in [0.4, 0.5) is 16.0 Å². The number of hydrogen-bond donors (Lipinski definition) is 2. The quantitative estimate of drug-likeness (QED) is 0.728. The van der Waals surface area contributed by atoms with Crippen LogP contribution in [0.3, 0.4) is 0 Å². The second-order valence-corrected chi connectivity index (χ2v) is 5.42. The largest absolute Gasteiger partial charge is 0.324 e. The van der Waals surface area contributed by atoms with Gasteiger partial charge in [0.2, 0.25) is 5.95 Å². The number of fused-ring (bicyclic) bond motifs is 1. The van der Waals surface area contributed by atoms with Gasteiger partial charge >= 0.3 is 0 Å². The lowest BCUT2D eigenvalue weighted by molar-refractivity contribution is 0.629. The number of hydrogen-bond acceptors (Lipinski definition) is 3. The Morgan fingerprint density at radius 3 is 3.00 bits per heavy atom. The molecule has 0 atom stereocenters. The van der Waals surface area contributed by atoms with E-state index in [0.29, 0.717) is 21.3 Å². The molecule has 0 fully saturated rings.